The van der Waals surface area contributed by atoms with Crippen LogP contribution in [-0.4, -0.2) is 22.9 Å². The Bertz CT molecular complexity index is 738. The van der Waals surface area contributed by atoms with Gasteiger partial charge in [-0.05, 0) is 24.6 Å². The number of benzene rings is 1. The predicted octanol–water partition coefficient (Wildman–Crippen LogP) is 2.03. The van der Waals surface area contributed by atoms with Crippen LogP contribution in [-0.2, 0) is 6.54 Å². The third kappa shape index (κ3) is 4.24. The van der Waals surface area contributed by atoms with Gasteiger partial charge in [-0.1, -0.05) is 30.9 Å². The van der Waals surface area contributed by atoms with Crippen LogP contribution in [0, 0.1) is 11.8 Å². The molecule has 0 aliphatic heterocycles. The van der Waals surface area contributed by atoms with Crippen molar-refractivity contribution in [3.05, 3.63) is 64.1 Å². The summed E-state index contributed by atoms with van der Waals surface area (Å²) in [4.78, 5) is 11.6. The fourth-order valence-corrected chi connectivity index (χ4v) is 1.94. The second-order valence-corrected chi connectivity index (χ2v) is 4.77. The molecule has 0 aliphatic carbocycles. The molecule has 1 aromatic heterocycles. The molecule has 2 aromatic rings. The first-order chi connectivity index (χ1) is 10.7. The number of aliphatic hydroxyl groups is 1. The molecule has 0 saturated heterocycles. The summed E-state index contributed by atoms with van der Waals surface area (Å²) in [5.41, 5.74) is 1.39. The monoisotopic (exact) mass is 297 g/mol. The van der Waals surface area contributed by atoms with Crippen LogP contribution in [0.1, 0.15) is 24.5 Å². The molecule has 1 N–H and O–H groups in total. The van der Waals surface area contributed by atoms with Gasteiger partial charge in [-0.15, -0.1) is 0 Å². The second-order valence-electron chi connectivity index (χ2n) is 4.77. The third-order valence-corrected chi connectivity index (χ3v) is 3.01. The lowest BCUT2D eigenvalue weighted by Crippen LogP contribution is -2.20. The number of rotatable bonds is 5. The van der Waals surface area contributed by atoms with E-state index in [1.165, 1.54) is 10.6 Å². The molecule has 1 heterocycles. The predicted molar refractivity (Wildman–Crippen MR) is 86.0 cm³/mol. The molecule has 0 aliphatic rings. The molecular weight excluding hydrogens is 278 g/mol. The molecule has 0 spiro atoms. The number of aliphatic hydroxyl groups excluding tert-OH is 1. The zero-order chi connectivity index (χ0) is 15.8. The summed E-state index contributed by atoms with van der Waals surface area (Å²) in [7, 11) is 0. The highest BCUT2D eigenvalue weighted by molar-refractivity contribution is 5.49. The number of hydrogen-bond donors (Lipinski definition) is 1. The van der Waals surface area contributed by atoms with Gasteiger partial charge in [0.2, 0.25) is 0 Å². The maximum absolute atomic E-state index is 11.6. The van der Waals surface area contributed by atoms with E-state index in [0.717, 1.165) is 23.3 Å². The maximum Gasteiger partial charge on any atom is 0.250 e. The van der Waals surface area contributed by atoms with Crippen LogP contribution in [0.15, 0.2) is 47.4 Å². The fourth-order valence-electron chi connectivity index (χ4n) is 1.94. The summed E-state index contributed by atoms with van der Waals surface area (Å²) in [5.74, 6) is 6.87. The average Bonchev–Trinajstić information content (AvgIpc) is 2.54. The molecule has 4 heteroatoms. The van der Waals surface area contributed by atoms with E-state index >= 15 is 0 Å². The molecule has 4 nitrogen and oxygen atoms in total. The van der Waals surface area contributed by atoms with Gasteiger partial charge in [0.05, 0.1) is 18.8 Å². The molecule has 2 rings (SSSR count). The van der Waals surface area contributed by atoms with Crippen LogP contribution in [0.25, 0.3) is 0 Å². The van der Waals surface area contributed by atoms with Crippen LogP contribution in [0.5, 0.6) is 5.75 Å². The molecule has 0 unspecified atom stereocenters. The number of para-hydroxylation sites is 1. The van der Waals surface area contributed by atoms with E-state index in [-0.39, 0.29) is 18.7 Å². The largest absolute Gasteiger partial charge is 0.492 e. The zero-order valence-electron chi connectivity index (χ0n) is 12.6. The Morgan fingerprint density at radius 3 is 2.77 bits per heavy atom. The standard InChI is InChI=1S/C18H19NO3/c1-2-13-22-17-6-4-3-5-16(17)9-7-15-8-10-18(21)19(14-15)11-12-20/h3-6,8,10,14,20H,2,11-13H2,1H3. The minimum absolute atomic E-state index is 0.0789. The number of ether oxygens (including phenoxy) is 1. The van der Waals surface area contributed by atoms with Crippen molar-refractivity contribution in [2.45, 2.75) is 19.9 Å². The quantitative estimate of drug-likeness (QED) is 0.859. The van der Waals surface area contributed by atoms with Gasteiger partial charge in [-0.25, -0.2) is 0 Å². The highest BCUT2D eigenvalue weighted by Crippen LogP contribution is 2.16. The van der Waals surface area contributed by atoms with E-state index in [2.05, 4.69) is 18.8 Å². The van der Waals surface area contributed by atoms with Crippen LogP contribution in [0.3, 0.4) is 0 Å². The molecule has 0 fully saturated rings. The normalized spacial score (nSPS) is 9.91. The Morgan fingerprint density at radius 1 is 1.18 bits per heavy atom. The summed E-state index contributed by atoms with van der Waals surface area (Å²) in [5, 5.41) is 8.95. The van der Waals surface area contributed by atoms with E-state index in [9.17, 15) is 4.79 Å². The van der Waals surface area contributed by atoms with Crippen LogP contribution < -0.4 is 10.3 Å². The third-order valence-electron chi connectivity index (χ3n) is 3.01. The first-order valence-electron chi connectivity index (χ1n) is 7.30. The lowest BCUT2D eigenvalue weighted by atomic mass is 10.2. The second kappa shape index (κ2) is 8.06. The van der Waals surface area contributed by atoms with E-state index in [4.69, 9.17) is 9.84 Å². The number of hydrogen-bond acceptors (Lipinski definition) is 3. The van der Waals surface area contributed by atoms with Gasteiger partial charge >= 0.3 is 0 Å². The summed E-state index contributed by atoms with van der Waals surface area (Å²) in [6.07, 6.45) is 2.59. The molecule has 1 aromatic carbocycles. The molecule has 0 radical (unpaired) electrons. The maximum atomic E-state index is 11.6. The van der Waals surface area contributed by atoms with Gasteiger partial charge < -0.3 is 14.4 Å². The van der Waals surface area contributed by atoms with Gasteiger partial charge in [0.25, 0.3) is 5.56 Å². The van der Waals surface area contributed by atoms with Crippen molar-refractivity contribution >= 4 is 0 Å². The molecule has 114 valence electrons. The van der Waals surface area contributed by atoms with Gasteiger partial charge in [0.1, 0.15) is 5.75 Å². The van der Waals surface area contributed by atoms with Gasteiger partial charge in [0, 0.05) is 24.4 Å². The fraction of sp³-hybridized carbons (Fsp3) is 0.278. The summed E-state index contributed by atoms with van der Waals surface area (Å²) >= 11 is 0. The van der Waals surface area contributed by atoms with Crippen molar-refractivity contribution in [2.75, 3.05) is 13.2 Å². The Balaban J connectivity index is 2.27. The number of nitrogens with zero attached hydrogens (tertiary/aromatic N) is 1. The summed E-state index contributed by atoms with van der Waals surface area (Å²) < 4.78 is 7.11. The average molecular weight is 297 g/mol. The minimum Gasteiger partial charge on any atom is -0.492 e. The van der Waals surface area contributed by atoms with Crippen LogP contribution in [0.2, 0.25) is 0 Å². The smallest absolute Gasteiger partial charge is 0.250 e. The van der Waals surface area contributed by atoms with Gasteiger partial charge in [-0.2, -0.15) is 0 Å². The zero-order valence-corrected chi connectivity index (χ0v) is 12.6. The van der Waals surface area contributed by atoms with E-state index in [1.807, 2.05) is 24.3 Å². The Morgan fingerprint density at radius 2 is 2.00 bits per heavy atom. The molecule has 22 heavy (non-hydrogen) atoms. The van der Waals surface area contributed by atoms with Crippen molar-refractivity contribution in [1.82, 2.24) is 4.57 Å². The highest BCUT2D eigenvalue weighted by atomic mass is 16.5. The number of pyridine rings is 1. The van der Waals surface area contributed by atoms with Crippen LogP contribution >= 0.6 is 0 Å². The Labute approximate surface area is 130 Å². The Hall–Kier alpha value is -2.51. The highest BCUT2D eigenvalue weighted by Gasteiger charge is 2.00. The van der Waals surface area contributed by atoms with Crippen molar-refractivity contribution < 1.29 is 9.84 Å². The van der Waals surface area contributed by atoms with E-state index < -0.39 is 0 Å². The Kier molecular flexibility index (Phi) is 5.81. The molecular formula is C18H19NO3. The molecule has 0 amide bonds. The van der Waals surface area contributed by atoms with Gasteiger partial charge in [-0.3, -0.25) is 4.79 Å². The van der Waals surface area contributed by atoms with Crippen molar-refractivity contribution in [3.8, 4) is 17.6 Å². The lowest BCUT2D eigenvalue weighted by molar-refractivity contribution is 0.274. The summed E-state index contributed by atoms with van der Waals surface area (Å²) in [6, 6.07) is 10.8. The van der Waals surface area contributed by atoms with Gasteiger partial charge in [0.15, 0.2) is 0 Å². The van der Waals surface area contributed by atoms with Crippen molar-refractivity contribution in [1.29, 1.82) is 0 Å². The topological polar surface area (TPSA) is 51.5 Å². The summed E-state index contributed by atoms with van der Waals surface area (Å²) in [6.45, 7) is 2.90. The van der Waals surface area contributed by atoms with Crippen molar-refractivity contribution in [3.63, 3.8) is 0 Å². The first-order valence-corrected chi connectivity index (χ1v) is 7.30. The number of aromatic nitrogens is 1. The van der Waals surface area contributed by atoms with E-state index in [0.29, 0.717) is 6.61 Å². The van der Waals surface area contributed by atoms with Crippen LogP contribution in [0.4, 0.5) is 0 Å². The first kappa shape index (κ1) is 15.9. The van der Waals surface area contributed by atoms with E-state index in [1.54, 1.807) is 12.3 Å². The molecule has 0 bridgehead atoms. The molecule has 0 saturated carbocycles. The van der Waals surface area contributed by atoms with Crippen molar-refractivity contribution in [2.24, 2.45) is 0 Å². The SMILES string of the molecule is CCCOc1ccccc1C#Cc1ccc(=O)n(CCO)c1. The molecule has 0 atom stereocenters. The minimum atomic E-state index is -0.147. The lowest BCUT2D eigenvalue weighted by Gasteiger charge is -2.06.